The Balaban J connectivity index is 1.74. The summed E-state index contributed by atoms with van der Waals surface area (Å²) in [6.07, 6.45) is 2.94. The molecule has 1 aliphatic rings. The van der Waals surface area contributed by atoms with Crippen LogP contribution < -0.4 is 20.3 Å². The molecule has 178 valence electrons. The van der Waals surface area contributed by atoms with Crippen molar-refractivity contribution >= 4 is 28.8 Å². The average molecular weight is 476 g/mol. The van der Waals surface area contributed by atoms with Crippen molar-refractivity contribution in [3.05, 3.63) is 49.2 Å². The van der Waals surface area contributed by atoms with E-state index in [0.29, 0.717) is 10.8 Å². The number of methoxy groups -OCH3 is 1. The lowest BCUT2D eigenvalue weighted by molar-refractivity contribution is -0.385. The fourth-order valence-electron chi connectivity index (χ4n) is 3.93. The topological polar surface area (TPSA) is 120 Å². The third-order valence-electron chi connectivity index (χ3n) is 5.84. The molecule has 10 heteroatoms. The van der Waals surface area contributed by atoms with E-state index in [1.165, 1.54) is 35.0 Å². The molecule has 0 radical (unpaired) electrons. The second kappa shape index (κ2) is 9.78. The number of nitrogens with zero attached hydrogens (tertiary/aromatic N) is 1. The van der Waals surface area contributed by atoms with Crippen LogP contribution in [0, 0.1) is 21.4 Å². The molecule has 2 aromatic rings. The van der Waals surface area contributed by atoms with Crippen LogP contribution in [0.4, 0.5) is 5.69 Å². The van der Waals surface area contributed by atoms with Gasteiger partial charge in [0.1, 0.15) is 5.56 Å². The summed E-state index contributed by atoms with van der Waals surface area (Å²) in [6, 6.07) is 4.24. The third kappa shape index (κ3) is 5.44. The normalized spacial score (nSPS) is 15.4. The minimum atomic E-state index is -0.826. The van der Waals surface area contributed by atoms with Crippen molar-refractivity contribution in [2.75, 3.05) is 13.7 Å². The number of amides is 2. The van der Waals surface area contributed by atoms with Gasteiger partial charge in [-0.15, -0.1) is 11.3 Å². The van der Waals surface area contributed by atoms with Crippen molar-refractivity contribution in [2.24, 2.45) is 11.3 Å². The number of ether oxygens (including phenoxy) is 2. The maximum Gasteiger partial charge on any atom is 0.286 e. The monoisotopic (exact) mass is 475 g/mol. The summed E-state index contributed by atoms with van der Waals surface area (Å²) in [5.41, 5.74) is 5.32. The zero-order valence-electron chi connectivity index (χ0n) is 19.4. The number of hydrogen-bond acceptors (Lipinski definition) is 7. The van der Waals surface area contributed by atoms with E-state index in [0.717, 1.165) is 25.3 Å². The Kier molecular flexibility index (Phi) is 7.26. The van der Waals surface area contributed by atoms with Crippen molar-refractivity contribution in [1.82, 2.24) is 10.9 Å². The van der Waals surface area contributed by atoms with Crippen LogP contribution in [-0.2, 0) is 12.8 Å². The highest BCUT2D eigenvalue weighted by Crippen LogP contribution is 2.40. The molecule has 2 amide bonds. The zero-order chi connectivity index (χ0) is 24.3. The van der Waals surface area contributed by atoms with Crippen molar-refractivity contribution in [3.63, 3.8) is 0 Å². The highest BCUT2D eigenvalue weighted by atomic mass is 32.1. The van der Waals surface area contributed by atoms with Gasteiger partial charge in [-0.05, 0) is 49.1 Å². The largest absolute Gasteiger partial charge is 0.493 e. The van der Waals surface area contributed by atoms with Crippen LogP contribution in [0.25, 0.3) is 0 Å². The molecule has 0 bridgehead atoms. The number of nitro groups is 1. The van der Waals surface area contributed by atoms with E-state index in [-0.39, 0.29) is 29.1 Å². The van der Waals surface area contributed by atoms with E-state index in [9.17, 15) is 19.7 Å². The van der Waals surface area contributed by atoms with Crippen LogP contribution >= 0.6 is 11.3 Å². The molecule has 1 atom stereocenters. The van der Waals surface area contributed by atoms with Gasteiger partial charge >= 0.3 is 0 Å². The number of hydrazine groups is 1. The van der Waals surface area contributed by atoms with E-state index in [2.05, 4.69) is 31.6 Å². The van der Waals surface area contributed by atoms with Gasteiger partial charge < -0.3 is 9.47 Å². The molecule has 0 spiro atoms. The molecule has 0 saturated carbocycles. The molecule has 9 nitrogen and oxygen atoms in total. The van der Waals surface area contributed by atoms with E-state index in [1.807, 2.05) is 6.07 Å². The number of hydrogen-bond donors (Lipinski definition) is 2. The SMILES string of the molecule is CCOc1cc(C(=O)NNC(=O)c2cc3c(s2)CCC(C(C)(C)C)C3)c([N+](=O)[O-])cc1OC. The van der Waals surface area contributed by atoms with Crippen molar-refractivity contribution in [3.8, 4) is 11.5 Å². The van der Waals surface area contributed by atoms with Gasteiger partial charge in [0, 0.05) is 10.9 Å². The molecule has 1 aromatic heterocycles. The van der Waals surface area contributed by atoms with Crippen molar-refractivity contribution < 1.29 is 24.0 Å². The van der Waals surface area contributed by atoms with E-state index in [4.69, 9.17) is 9.47 Å². The minimum Gasteiger partial charge on any atom is -0.493 e. The number of fused-ring (bicyclic) bond motifs is 1. The first-order chi connectivity index (χ1) is 15.5. The molecule has 0 saturated heterocycles. The van der Waals surface area contributed by atoms with E-state index in [1.54, 1.807) is 6.92 Å². The number of nitrogens with one attached hydrogen (secondary N) is 2. The second-order valence-electron chi connectivity index (χ2n) is 8.98. The Morgan fingerprint density at radius 1 is 1.18 bits per heavy atom. The zero-order valence-corrected chi connectivity index (χ0v) is 20.3. The predicted molar refractivity (Wildman–Crippen MR) is 125 cm³/mol. The molecule has 1 unspecified atom stereocenters. The number of nitro benzene ring substituents is 1. The molecule has 1 aromatic carbocycles. The molecule has 0 fully saturated rings. The predicted octanol–water partition coefficient (Wildman–Crippen LogP) is 4.29. The van der Waals surface area contributed by atoms with Gasteiger partial charge in [-0.2, -0.15) is 0 Å². The average Bonchev–Trinajstić information content (AvgIpc) is 3.20. The molecule has 1 heterocycles. The number of aryl methyl sites for hydroxylation is 1. The third-order valence-corrected chi connectivity index (χ3v) is 7.08. The van der Waals surface area contributed by atoms with Crippen molar-refractivity contribution in [2.45, 2.75) is 47.0 Å². The van der Waals surface area contributed by atoms with Gasteiger partial charge in [-0.3, -0.25) is 30.6 Å². The quantitative estimate of drug-likeness (QED) is 0.475. The van der Waals surface area contributed by atoms with Gasteiger partial charge in [0.2, 0.25) is 0 Å². The molecule has 3 rings (SSSR count). The van der Waals surface area contributed by atoms with Crippen LogP contribution in [0.15, 0.2) is 18.2 Å². The highest BCUT2D eigenvalue weighted by molar-refractivity contribution is 7.14. The lowest BCUT2D eigenvalue weighted by atomic mass is 9.72. The first kappa shape index (κ1) is 24.5. The second-order valence-corrected chi connectivity index (χ2v) is 10.1. The smallest absolute Gasteiger partial charge is 0.286 e. The van der Waals surface area contributed by atoms with Crippen LogP contribution in [0.1, 0.15) is 64.6 Å². The van der Waals surface area contributed by atoms with Gasteiger partial charge in [-0.25, -0.2) is 0 Å². The van der Waals surface area contributed by atoms with Gasteiger partial charge in [0.15, 0.2) is 11.5 Å². The highest BCUT2D eigenvalue weighted by Gasteiger charge is 2.31. The molecule has 0 aliphatic heterocycles. The lowest BCUT2D eigenvalue weighted by Gasteiger charge is -2.33. The maximum absolute atomic E-state index is 12.7. The first-order valence-electron chi connectivity index (χ1n) is 10.8. The Hall–Kier alpha value is -3.14. The summed E-state index contributed by atoms with van der Waals surface area (Å²) >= 11 is 1.42. The molecular weight excluding hydrogens is 446 g/mol. The minimum absolute atomic E-state index is 0.141. The number of rotatable bonds is 6. The maximum atomic E-state index is 12.7. The van der Waals surface area contributed by atoms with Crippen LogP contribution in [-0.4, -0.2) is 30.5 Å². The van der Waals surface area contributed by atoms with Gasteiger partial charge in [0.25, 0.3) is 17.5 Å². The van der Waals surface area contributed by atoms with Crippen molar-refractivity contribution in [1.29, 1.82) is 0 Å². The lowest BCUT2D eigenvalue weighted by Crippen LogP contribution is -2.41. The summed E-state index contributed by atoms with van der Waals surface area (Å²) in [5.74, 6) is -0.405. The number of thiophene rings is 1. The van der Waals surface area contributed by atoms with Gasteiger partial charge in [-0.1, -0.05) is 20.8 Å². The Morgan fingerprint density at radius 3 is 2.48 bits per heavy atom. The summed E-state index contributed by atoms with van der Waals surface area (Å²) in [6.45, 7) is 8.71. The fraction of sp³-hybridized carbons (Fsp3) is 0.478. The van der Waals surface area contributed by atoms with E-state index >= 15 is 0 Å². The Morgan fingerprint density at radius 2 is 1.88 bits per heavy atom. The number of carbonyl (C=O) groups is 2. The fourth-order valence-corrected chi connectivity index (χ4v) is 5.03. The summed E-state index contributed by atoms with van der Waals surface area (Å²) < 4.78 is 10.5. The number of carbonyl (C=O) groups excluding carboxylic acids is 2. The summed E-state index contributed by atoms with van der Waals surface area (Å²) in [4.78, 5) is 37.8. The molecule has 33 heavy (non-hydrogen) atoms. The number of benzene rings is 1. The summed E-state index contributed by atoms with van der Waals surface area (Å²) in [5, 5.41) is 11.5. The molecule has 1 aliphatic carbocycles. The van der Waals surface area contributed by atoms with Crippen LogP contribution in [0.3, 0.4) is 0 Å². The van der Waals surface area contributed by atoms with Crippen LogP contribution in [0.2, 0.25) is 0 Å². The molecular formula is C23H29N3O6S. The van der Waals surface area contributed by atoms with Crippen LogP contribution in [0.5, 0.6) is 11.5 Å². The Labute approximate surface area is 196 Å². The van der Waals surface area contributed by atoms with E-state index < -0.39 is 22.4 Å². The standard InChI is InChI=1S/C23H29N3O6S/c1-6-32-18-11-15(16(26(29)30)12-17(18)31-5)21(27)24-25-22(28)20-10-13-9-14(23(2,3)4)7-8-19(13)33-20/h10-12,14H,6-9H2,1-5H3,(H,24,27)(H,25,28). The summed E-state index contributed by atoms with van der Waals surface area (Å²) in [7, 11) is 1.35. The first-order valence-corrected chi connectivity index (χ1v) is 11.6. The Bertz CT molecular complexity index is 1070. The van der Waals surface area contributed by atoms with Gasteiger partial charge in [0.05, 0.1) is 29.6 Å². The molecule has 2 N–H and O–H groups in total.